The van der Waals surface area contributed by atoms with Gasteiger partial charge in [0.15, 0.2) is 5.78 Å². The Morgan fingerprint density at radius 2 is 1.30 bits per heavy atom. The van der Waals surface area contributed by atoms with Gasteiger partial charge in [0.2, 0.25) is 0 Å². The van der Waals surface area contributed by atoms with Crippen LogP contribution in [0.4, 0.5) is 0 Å². The molecule has 154 valence electrons. The van der Waals surface area contributed by atoms with Crippen molar-refractivity contribution < 1.29 is 9.53 Å². The SMILES string of the molecule is CCCCCCCCCCCCCCC(CC)OCC(=O)c1ccccc1. The van der Waals surface area contributed by atoms with Gasteiger partial charge in [0.25, 0.3) is 0 Å². The minimum atomic E-state index is 0.0868. The summed E-state index contributed by atoms with van der Waals surface area (Å²) in [6.07, 6.45) is 18.8. The lowest BCUT2D eigenvalue weighted by molar-refractivity contribution is 0.0388. The second-order valence-corrected chi connectivity index (χ2v) is 7.81. The Balaban J connectivity index is 1.96. The maximum Gasteiger partial charge on any atom is 0.188 e. The average molecular weight is 375 g/mol. The lowest BCUT2D eigenvalue weighted by Crippen LogP contribution is -2.18. The maximum atomic E-state index is 12.1. The molecule has 0 spiro atoms. The van der Waals surface area contributed by atoms with Crippen molar-refractivity contribution in [3.05, 3.63) is 35.9 Å². The van der Waals surface area contributed by atoms with Crippen LogP contribution >= 0.6 is 0 Å². The predicted molar refractivity (Wildman–Crippen MR) is 116 cm³/mol. The molecule has 1 unspecified atom stereocenters. The van der Waals surface area contributed by atoms with E-state index in [1.165, 1.54) is 77.0 Å². The summed E-state index contributed by atoms with van der Waals surface area (Å²) < 4.78 is 5.86. The number of benzene rings is 1. The highest BCUT2D eigenvalue weighted by Gasteiger charge is 2.11. The van der Waals surface area contributed by atoms with Crippen molar-refractivity contribution in [3.63, 3.8) is 0 Å². The molecule has 0 aliphatic heterocycles. The molecule has 2 heteroatoms. The van der Waals surface area contributed by atoms with Crippen LogP contribution in [0.25, 0.3) is 0 Å². The van der Waals surface area contributed by atoms with Gasteiger partial charge in [0, 0.05) is 5.56 Å². The molecule has 0 saturated carbocycles. The summed E-state index contributed by atoms with van der Waals surface area (Å²) in [5, 5.41) is 0. The fourth-order valence-electron chi connectivity index (χ4n) is 3.52. The molecule has 1 aromatic carbocycles. The summed E-state index contributed by atoms with van der Waals surface area (Å²) >= 11 is 0. The van der Waals surface area contributed by atoms with Crippen LogP contribution in [0, 0.1) is 0 Å². The van der Waals surface area contributed by atoms with Crippen molar-refractivity contribution in [2.45, 2.75) is 110 Å². The van der Waals surface area contributed by atoms with E-state index in [9.17, 15) is 4.79 Å². The van der Waals surface area contributed by atoms with Gasteiger partial charge in [-0.1, -0.05) is 121 Å². The molecule has 0 aliphatic rings. The number of rotatable bonds is 18. The molecule has 1 rings (SSSR count). The number of ether oxygens (including phenoxy) is 1. The lowest BCUT2D eigenvalue weighted by atomic mass is 10.0. The Kier molecular flexibility index (Phi) is 15.0. The van der Waals surface area contributed by atoms with Crippen LogP contribution in [0.1, 0.15) is 114 Å². The van der Waals surface area contributed by atoms with Gasteiger partial charge in [-0.05, 0) is 12.8 Å². The van der Waals surface area contributed by atoms with E-state index in [-0.39, 0.29) is 18.5 Å². The largest absolute Gasteiger partial charge is 0.370 e. The van der Waals surface area contributed by atoms with Gasteiger partial charge < -0.3 is 4.74 Å². The van der Waals surface area contributed by atoms with Crippen LogP contribution in [0.5, 0.6) is 0 Å². The second-order valence-electron chi connectivity index (χ2n) is 7.81. The smallest absolute Gasteiger partial charge is 0.188 e. The van der Waals surface area contributed by atoms with E-state index < -0.39 is 0 Å². The summed E-state index contributed by atoms with van der Waals surface area (Å²) in [4.78, 5) is 12.1. The zero-order valence-electron chi connectivity index (χ0n) is 17.9. The van der Waals surface area contributed by atoms with Crippen LogP contribution in [-0.2, 0) is 4.74 Å². The number of Topliss-reactive ketones (excluding diaryl/α,β-unsaturated/α-hetero) is 1. The van der Waals surface area contributed by atoms with Gasteiger partial charge in [-0.15, -0.1) is 0 Å². The number of ketones is 1. The highest BCUT2D eigenvalue weighted by atomic mass is 16.5. The first kappa shape index (κ1) is 23.9. The number of carbonyl (C=O) groups is 1. The van der Waals surface area contributed by atoms with E-state index in [0.717, 1.165) is 18.4 Å². The van der Waals surface area contributed by atoms with Crippen molar-refractivity contribution >= 4 is 5.78 Å². The summed E-state index contributed by atoms with van der Waals surface area (Å²) in [6.45, 7) is 4.64. The van der Waals surface area contributed by atoms with Crippen molar-refractivity contribution in [3.8, 4) is 0 Å². The topological polar surface area (TPSA) is 26.3 Å². The van der Waals surface area contributed by atoms with Crippen LogP contribution in [0.2, 0.25) is 0 Å². The number of carbonyl (C=O) groups excluding carboxylic acids is 1. The number of hydrogen-bond acceptors (Lipinski definition) is 2. The van der Waals surface area contributed by atoms with Crippen LogP contribution in [0.15, 0.2) is 30.3 Å². The Hall–Kier alpha value is -1.15. The van der Waals surface area contributed by atoms with E-state index in [1.807, 2.05) is 30.3 Å². The Labute approximate surface area is 168 Å². The number of unbranched alkanes of at least 4 members (excludes halogenated alkanes) is 11. The zero-order valence-corrected chi connectivity index (χ0v) is 17.9. The first-order valence-corrected chi connectivity index (χ1v) is 11.5. The molecule has 0 radical (unpaired) electrons. The maximum absolute atomic E-state index is 12.1. The molecule has 2 nitrogen and oxygen atoms in total. The zero-order chi connectivity index (χ0) is 19.6. The third-order valence-electron chi connectivity index (χ3n) is 5.38. The molecule has 0 bridgehead atoms. The average Bonchev–Trinajstić information content (AvgIpc) is 2.71. The summed E-state index contributed by atoms with van der Waals surface area (Å²) in [7, 11) is 0. The molecule has 0 amide bonds. The van der Waals surface area contributed by atoms with Crippen LogP contribution in [-0.4, -0.2) is 18.5 Å². The van der Waals surface area contributed by atoms with E-state index >= 15 is 0 Å². The summed E-state index contributed by atoms with van der Waals surface area (Å²) in [5.74, 6) is 0.0868. The number of hydrogen-bond donors (Lipinski definition) is 0. The third kappa shape index (κ3) is 12.8. The van der Waals surface area contributed by atoms with Crippen molar-refractivity contribution in [2.24, 2.45) is 0 Å². The predicted octanol–water partition coefficient (Wildman–Crippen LogP) is 7.76. The molecular formula is C25H42O2. The first-order chi connectivity index (χ1) is 13.3. The van der Waals surface area contributed by atoms with Crippen LogP contribution in [0.3, 0.4) is 0 Å². The summed E-state index contributed by atoms with van der Waals surface area (Å²) in [5.41, 5.74) is 0.748. The third-order valence-corrected chi connectivity index (χ3v) is 5.38. The monoisotopic (exact) mass is 374 g/mol. The molecule has 0 heterocycles. The van der Waals surface area contributed by atoms with E-state index in [2.05, 4.69) is 13.8 Å². The van der Waals surface area contributed by atoms with Gasteiger partial charge in [-0.3, -0.25) is 4.79 Å². The molecule has 0 fully saturated rings. The van der Waals surface area contributed by atoms with E-state index in [4.69, 9.17) is 4.74 Å². The van der Waals surface area contributed by atoms with Crippen molar-refractivity contribution in [1.29, 1.82) is 0 Å². The van der Waals surface area contributed by atoms with Gasteiger partial charge in [0.1, 0.15) is 6.61 Å². The molecule has 0 aliphatic carbocycles. The Bertz CT molecular complexity index is 455. The minimum absolute atomic E-state index is 0.0868. The molecule has 0 aromatic heterocycles. The van der Waals surface area contributed by atoms with E-state index in [1.54, 1.807) is 0 Å². The van der Waals surface area contributed by atoms with Crippen molar-refractivity contribution in [2.75, 3.05) is 6.61 Å². The van der Waals surface area contributed by atoms with Gasteiger partial charge in [-0.2, -0.15) is 0 Å². The van der Waals surface area contributed by atoms with E-state index in [0.29, 0.717) is 0 Å². The first-order valence-electron chi connectivity index (χ1n) is 11.5. The fraction of sp³-hybridized carbons (Fsp3) is 0.720. The van der Waals surface area contributed by atoms with Gasteiger partial charge in [-0.25, -0.2) is 0 Å². The molecule has 1 aromatic rings. The second kappa shape index (κ2) is 17.0. The molecule has 0 saturated heterocycles. The standard InChI is InChI=1S/C25H42O2/c1-3-5-6-7-8-9-10-11-12-13-14-18-21-24(4-2)27-22-25(26)23-19-16-15-17-20-23/h15-17,19-20,24H,3-14,18,21-22H2,1-2H3. The Morgan fingerprint density at radius 3 is 1.81 bits per heavy atom. The minimum Gasteiger partial charge on any atom is -0.370 e. The highest BCUT2D eigenvalue weighted by molar-refractivity contribution is 5.96. The van der Waals surface area contributed by atoms with Crippen molar-refractivity contribution in [1.82, 2.24) is 0 Å². The normalized spacial score (nSPS) is 12.2. The summed E-state index contributed by atoms with van der Waals surface area (Å²) in [6, 6.07) is 9.45. The molecule has 1 atom stereocenters. The van der Waals surface area contributed by atoms with Gasteiger partial charge >= 0.3 is 0 Å². The molecular weight excluding hydrogens is 332 g/mol. The molecule has 27 heavy (non-hydrogen) atoms. The van der Waals surface area contributed by atoms with Gasteiger partial charge in [0.05, 0.1) is 6.10 Å². The molecule has 0 N–H and O–H groups in total. The quantitative estimate of drug-likeness (QED) is 0.194. The van der Waals surface area contributed by atoms with Crippen LogP contribution < -0.4 is 0 Å². The lowest BCUT2D eigenvalue weighted by Gasteiger charge is -2.15. The fourth-order valence-corrected chi connectivity index (χ4v) is 3.52. The Morgan fingerprint density at radius 1 is 0.778 bits per heavy atom. The highest BCUT2D eigenvalue weighted by Crippen LogP contribution is 2.15.